The molecule has 4 nitrogen and oxygen atoms in total. The van der Waals surface area contributed by atoms with Gasteiger partial charge in [0.25, 0.3) is 5.91 Å². The quantitative estimate of drug-likeness (QED) is 0.912. The number of halogens is 1. The molecule has 1 N–H and O–H groups in total. The second-order valence-corrected chi connectivity index (χ2v) is 4.36. The number of benzene rings is 1. The molecule has 0 aliphatic rings. The number of nitriles is 1. The van der Waals surface area contributed by atoms with E-state index in [0.717, 1.165) is 5.69 Å². The Hall–Kier alpha value is -2.38. The average Bonchev–Trinajstić information content (AvgIpc) is 2.39. The third-order valence-corrected chi connectivity index (χ3v) is 2.71. The van der Waals surface area contributed by atoms with Crippen LogP contribution < -0.4 is 5.32 Å². The Kier molecular flexibility index (Phi) is 3.79. The topological polar surface area (TPSA) is 65.8 Å². The van der Waals surface area contributed by atoms with Crippen molar-refractivity contribution in [2.75, 3.05) is 5.32 Å². The van der Waals surface area contributed by atoms with Gasteiger partial charge in [0.05, 0.1) is 11.3 Å². The van der Waals surface area contributed by atoms with Crippen LogP contribution >= 0.6 is 11.6 Å². The van der Waals surface area contributed by atoms with Crippen molar-refractivity contribution in [3.63, 3.8) is 0 Å². The van der Waals surface area contributed by atoms with Crippen molar-refractivity contribution in [3.8, 4) is 6.07 Å². The van der Waals surface area contributed by atoms with Gasteiger partial charge >= 0.3 is 0 Å². The fourth-order valence-corrected chi connectivity index (χ4v) is 1.75. The van der Waals surface area contributed by atoms with Crippen LogP contribution in [0.1, 0.15) is 21.7 Å². The number of carbonyl (C=O) groups is 1. The number of hydrogen-bond donors (Lipinski definition) is 1. The molecule has 5 heteroatoms. The molecule has 0 spiro atoms. The van der Waals surface area contributed by atoms with E-state index in [1.165, 1.54) is 6.07 Å². The molecule has 0 saturated carbocycles. The van der Waals surface area contributed by atoms with Gasteiger partial charge in [0.1, 0.15) is 11.8 Å². The number of rotatable bonds is 2. The Morgan fingerprint density at radius 1 is 1.37 bits per heavy atom. The average molecular weight is 272 g/mol. The number of nitrogens with one attached hydrogen (secondary N) is 1. The van der Waals surface area contributed by atoms with Crippen LogP contribution in [-0.4, -0.2) is 10.9 Å². The van der Waals surface area contributed by atoms with Gasteiger partial charge in [-0.3, -0.25) is 4.79 Å². The van der Waals surface area contributed by atoms with Gasteiger partial charge in [0.2, 0.25) is 0 Å². The molecule has 1 aromatic carbocycles. The molecule has 2 rings (SSSR count). The molecule has 94 valence electrons. The molecule has 1 amide bonds. The van der Waals surface area contributed by atoms with Crippen molar-refractivity contribution in [2.24, 2.45) is 0 Å². The highest BCUT2D eigenvalue weighted by molar-refractivity contribution is 6.31. The maximum Gasteiger partial charge on any atom is 0.274 e. The van der Waals surface area contributed by atoms with Crippen molar-refractivity contribution in [2.45, 2.75) is 6.92 Å². The fraction of sp³-hybridized carbons (Fsp3) is 0.0714. The highest BCUT2D eigenvalue weighted by Gasteiger charge is 2.10. The van der Waals surface area contributed by atoms with Crippen LogP contribution in [0.3, 0.4) is 0 Å². The van der Waals surface area contributed by atoms with Crippen LogP contribution in [0.4, 0.5) is 5.69 Å². The molecule has 0 radical (unpaired) electrons. The summed E-state index contributed by atoms with van der Waals surface area (Å²) in [5.74, 6) is -0.373. The Morgan fingerprint density at radius 3 is 2.84 bits per heavy atom. The van der Waals surface area contributed by atoms with E-state index in [4.69, 9.17) is 16.9 Å². The second kappa shape index (κ2) is 5.51. The number of aromatic nitrogens is 1. The lowest BCUT2D eigenvalue weighted by molar-refractivity contribution is 0.102. The van der Waals surface area contributed by atoms with Gasteiger partial charge in [0, 0.05) is 10.7 Å². The Balaban J connectivity index is 2.29. The lowest BCUT2D eigenvalue weighted by Crippen LogP contribution is -2.14. The third-order valence-electron chi connectivity index (χ3n) is 2.47. The van der Waals surface area contributed by atoms with Crippen LogP contribution in [-0.2, 0) is 0 Å². The summed E-state index contributed by atoms with van der Waals surface area (Å²) in [6.45, 7) is 1.80. The van der Waals surface area contributed by atoms with Crippen molar-refractivity contribution in [1.82, 2.24) is 4.98 Å². The van der Waals surface area contributed by atoms with Crippen molar-refractivity contribution in [3.05, 3.63) is 58.4 Å². The number of amides is 1. The maximum absolute atomic E-state index is 12.0. The molecule has 2 aromatic rings. The Morgan fingerprint density at radius 2 is 2.16 bits per heavy atom. The largest absolute Gasteiger partial charge is 0.319 e. The normalized spacial score (nSPS) is 9.74. The van der Waals surface area contributed by atoms with Crippen LogP contribution in [0.25, 0.3) is 0 Å². The van der Waals surface area contributed by atoms with Crippen LogP contribution in [0.15, 0.2) is 36.4 Å². The summed E-state index contributed by atoms with van der Waals surface area (Å²) < 4.78 is 0. The summed E-state index contributed by atoms with van der Waals surface area (Å²) in [5.41, 5.74) is 1.77. The van der Waals surface area contributed by atoms with Gasteiger partial charge in [0.15, 0.2) is 0 Å². The van der Waals surface area contributed by atoms with Gasteiger partial charge in [-0.2, -0.15) is 5.26 Å². The Bertz CT molecular complexity index is 677. The lowest BCUT2D eigenvalue weighted by Gasteiger charge is -2.07. The van der Waals surface area contributed by atoms with Gasteiger partial charge in [-0.1, -0.05) is 17.7 Å². The maximum atomic E-state index is 12.0. The molecule has 0 bridgehead atoms. The number of pyridine rings is 1. The smallest absolute Gasteiger partial charge is 0.274 e. The van der Waals surface area contributed by atoms with Crippen LogP contribution in [0.5, 0.6) is 0 Å². The molecule has 0 unspecified atom stereocenters. The molecule has 0 atom stereocenters. The predicted octanol–water partition coefficient (Wildman–Crippen LogP) is 3.17. The summed E-state index contributed by atoms with van der Waals surface area (Å²) in [7, 11) is 0. The molecule has 0 saturated heterocycles. The molecule has 0 aliphatic heterocycles. The number of aryl methyl sites for hydroxylation is 1. The first kappa shape index (κ1) is 13.1. The number of carbonyl (C=O) groups excluding carboxylic acids is 1. The van der Waals surface area contributed by atoms with Gasteiger partial charge in [-0.05, 0) is 37.3 Å². The summed E-state index contributed by atoms with van der Waals surface area (Å²) in [4.78, 5) is 16.1. The standard InChI is InChI=1S/C14H10ClN3O/c1-9-3-2-4-12(17-9)14(19)18-13-7-11(15)6-5-10(13)8-16/h2-7H,1H3,(H,18,19). The molecule has 19 heavy (non-hydrogen) atoms. The first-order valence-electron chi connectivity index (χ1n) is 5.55. The van der Waals surface area contributed by atoms with Crippen molar-refractivity contribution in [1.29, 1.82) is 5.26 Å². The molecule has 0 aliphatic carbocycles. The number of hydrogen-bond acceptors (Lipinski definition) is 3. The second-order valence-electron chi connectivity index (χ2n) is 3.92. The molecular weight excluding hydrogens is 262 g/mol. The van der Waals surface area contributed by atoms with Crippen LogP contribution in [0.2, 0.25) is 5.02 Å². The number of anilines is 1. The zero-order valence-corrected chi connectivity index (χ0v) is 10.9. The first-order chi connectivity index (χ1) is 9.10. The minimum Gasteiger partial charge on any atom is -0.319 e. The molecule has 0 fully saturated rings. The van der Waals surface area contributed by atoms with E-state index < -0.39 is 0 Å². The highest BCUT2D eigenvalue weighted by Crippen LogP contribution is 2.20. The molecular formula is C14H10ClN3O. The van der Waals surface area contributed by atoms with Crippen LogP contribution in [0, 0.1) is 18.3 Å². The summed E-state index contributed by atoms with van der Waals surface area (Å²) in [6.07, 6.45) is 0. The van der Waals surface area contributed by atoms with E-state index in [1.807, 2.05) is 6.07 Å². The Labute approximate surface area is 115 Å². The van der Waals surface area contributed by atoms with Gasteiger partial charge in [-0.25, -0.2) is 4.98 Å². The van der Waals surface area contributed by atoms with E-state index >= 15 is 0 Å². The lowest BCUT2D eigenvalue weighted by atomic mass is 10.2. The zero-order valence-electron chi connectivity index (χ0n) is 10.1. The summed E-state index contributed by atoms with van der Waals surface area (Å²) >= 11 is 5.85. The van der Waals surface area contributed by atoms with E-state index in [0.29, 0.717) is 22.0 Å². The fourth-order valence-electron chi connectivity index (χ4n) is 1.57. The van der Waals surface area contributed by atoms with E-state index in [-0.39, 0.29) is 5.91 Å². The SMILES string of the molecule is Cc1cccc(C(=O)Nc2cc(Cl)ccc2C#N)n1. The molecule has 1 aromatic heterocycles. The summed E-state index contributed by atoms with van der Waals surface area (Å²) in [6, 6.07) is 11.9. The van der Waals surface area contributed by atoms with E-state index in [2.05, 4.69) is 10.3 Å². The van der Waals surface area contributed by atoms with Gasteiger partial charge < -0.3 is 5.32 Å². The number of nitrogens with zero attached hydrogens (tertiary/aromatic N) is 2. The zero-order chi connectivity index (χ0) is 13.8. The minimum atomic E-state index is -0.373. The van der Waals surface area contributed by atoms with E-state index in [1.54, 1.807) is 37.3 Å². The van der Waals surface area contributed by atoms with Crippen molar-refractivity contribution >= 4 is 23.2 Å². The van der Waals surface area contributed by atoms with Crippen molar-refractivity contribution < 1.29 is 4.79 Å². The molecule has 1 heterocycles. The van der Waals surface area contributed by atoms with Gasteiger partial charge in [-0.15, -0.1) is 0 Å². The first-order valence-corrected chi connectivity index (χ1v) is 5.92. The monoisotopic (exact) mass is 271 g/mol. The third kappa shape index (κ3) is 3.09. The van der Waals surface area contributed by atoms with E-state index in [9.17, 15) is 4.79 Å². The summed E-state index contributed by atoms with van der Waals surface area (Å²) in [5, 5.41) is 12.1. The predicted molar refractivity (Wildman–Crippen MR) is 73.1 cm³/mol. The highest BCUT2D eigenvalue weighted by atomic mass is 35.5. The minimum absolute atomic E-state index is 0.295.